The van der Waals surface area contributed by atoms with Crippen molar-refractivity contribution in [1.29, 1.82) is 0 Å². The van der Waals surface area contributed by atoms with Gasteiger partial charge in [-0.25, -0.2) is 4.79 Å². The fraction of sp³-hybridized carbons (Fsp3) is 0.176. The summed E-state index contributed by atoms with van der Waals surface area (Å²) < 4.78 is 0. The number of anilines is 2. The Balaban J connectivity index is 1.64. The zero-order chi connectivity index (χ0) is 16.2. The van der Waals surface area contributed by atoms with Crippen LogP contribution in [0, 0.1) is 0 Å². The van der Waals surface area contributed by atoms with Gasteiger partial charge in [0.2, 0.25) is 5.91 Å². The fourth-order valence-corrected chi connectivity index (χ4v) is 3.28. The maximum Gasteiger partial charge on any atom is 0.319 e. The Morgan fingerprint density at radius 2 is 2.00 bits per heavy atom. The lowest BCUT2D eigenvalue weighted by atomic mass is 10.2. The molecule has 0 aliphatic carbocycles. The van der Waals surface area contributed by atoms with Crippen molar-refractivity contribution in [3.05, 3.63) is 54.1 Å². The molecule has 0 unspecified atom stereocenters. The molecule has 0 aromatic heterocycles. The number of carbonyl (C=O) groups excluding carboxylic acids is 2. The third-order valence-corrected chi connectivity index (χ3v) is 4.65. The van der Waals surface area contributed by atoms with E-state index in [2.05, 4.69) is 10.6 Å². The molecule has 0 radical (unpaired) electrons. The van der Waals surface area contributed by atoms with Gasteiger partial charge in [0.1, 0.15) is 0 Å². The van der Waals surface area contributed by atoms with Gasteiger partial charge < -0.3 is 15.5 Å². The van der Waals surface area contributed by atoms with Crippen molar-refractivity contribution in [3.8, 4) is 0 Å². The van der Waals surface area contributed by atoms with Crippen molar-refractivity contribution >= 4 is 35.1 Å². The van der Waals surface area contributed by atoms with Gasteiger partial charge in [0.05, 0.1) is 11.4 Å². The van der Waals surface area contributed by atoms with Gasteiger partial charge in [-0.15, -0.1) is 11.8 Å². The van der Waals surface area contributed by atoms with Crippen LogP contribution < -0.4 is 15.5 Å². The number of amides is 3. The highest BCUT2D eigenvalue weighted by Gasteiger charge is 2.21. The van der Waals surface area contributed by atoms with Gasteiger partial charge in [-0.05, 0) is 23.8 Å². The zero-order valence-electron chi connectivity index (χ0n) is 12.7. The van der Waals surface area contributed by atoms with Crippen LogP contribution in [0.2, 0.25) is 0 Å². The molecule has 2 aromatic rings. The van der Waals surface area contributed by atoms with Crippen LogP contribution in [0.1, 0.15) is 5.56 Å². The van der Waals surface area contributed by atoms with Crippen LogP contribution in [0.3, 0.4) is 0 Å². The molecule has 0 saturated heterocycles. The van der Waals surface area contributed by atoms with E-state index in [4.69, 9.17) is 0 Å². The number of thioether (sulfide) groups is 1. The smallest absolute Gasteiger partial charge is 0.319 e. The van der Waals surface area contributed by atoms with Gasteiger partial charge in [0.25, 0.3) is 0 Å². The lowest BCUT2D eigenvalue weighted by molar-refractivity contribution is -0.116. The topological polar surface area (TPSA) is 61.4 Å². The molecule has 1 aliphatic heterocycles. The first-order valence-corrected chi connectivity index (χ1v) is 8.24. The van der Waals surface area contributed by atoms with Crippen molar-refractivity contribution in [1.82, 2.24) is 5.32 Å². The van der Waals surface area contributed by atoms with Gasteiger partial charge in [0.15, 0.2) is 0 Å². The van der Waals surface area contributed by atoms with E-state index in [1.54, 1.807) is 11.9 Å². The van der Waals surface area contributed by atoms with Crippen LogP contribution in [0.5, 0.6) is 0 Å². The summed E-state index contributed by atoms with van der Waals surface area (Å²) in [6.07, 6.45) is 0. The number of rotatable bonds is 3. The molecule has 2 aromatic carbocycles. The van der Waals surface area contributed by atoms with Crippen LogP contribution in [0.25, 0.3) is 0 Å². The first kappa shape index (κ1) is 15.4. The number of nitrogens with one attached hydrogen (secondary N) is 2. The number of benzene rings is 2. The van der Waals surface area contributed by atoms with Crippen LogP contribution in [-0.2, 0) is 11.3 Å². The summed E-state index contributed by atoms with van der Waals surface area (Å²) in [7, 11) is 1.75. The Kier molecular flexibility index (Phi) is 4.52. The lowest BCUT2D eigenvalue weighted by Crippen LogP contribution is -2.32. The van der Waals surface area contributed by atoms with E-state index in [1.165, 1.54) is 11.8 Å². The lowest BCUT2D eigenvalue weighted by Gasteiger charge is -2.25. The van der Waals surface area contributed by atoms with Crippen LogP contribution >= 0.6 is 11.8 Å². The molecular formula is C17H17N3O2S. The van der Waals surface area contributed by atoms with Gasteiger partial charge in [0, 0.05) is 24.2 Å². The summed E-state index contributed by atoms with van der Waals surface area (Å²) in [5, 5.41) is 5.61. The van der Waals surface area contributed by atoms with Crippen LogP contribution in [-0.4, -0.2) is 24.7 Å². The average Bonchev–Trinajstić information content (AvgIpc) is 2.58. The fourth-order valence-electron chi connectivity index (χ4n) is 2.30. The molecule has 0 atom stereocenters. The molecule has 1 heterocycles. The third-order valence-electron chi connectivity index (χ3n) is 3.60. The van der Waals surface area contributed by atoms with Crippen LogP contribution in [0.15, 0.2) is 53.4 Å². The summed E-state index contributed by atoms with van der Waals surface area (Å²) >= 11 is 1.52. The maximum absolute atomic E-state index is 12.0. The Bertz CT molecular complexity index is 734. The minimum absolute atomic E-state index is 0.0631. The Hall–Kier alpha value is -2.47. The molecule has 6 heteroatoms. The molecule has 1 aliphatic rings. The van der Waals surface area contributed by atoms with E-state index in [1.807, 2.05) is 48.5 Å². The summed E-state index contributed by atoms with van der Waals surface area (Å²) in [5.41, 5.74) is 2.53. The maximum atomic E-state index is 12.0. The summed E-state index contributed by atoms with van der Waals surface area (Å²) in [5.74, 6) is 0.515. The van der Waals surface area contributed by atoms with E-state index in [9.17, 15) is 9.59 Å². The third kappa shape index (κ3) is 3.65. The molecule has 0 saturated carbocycles. The second-order valence-corrected chi connectivity index (χ2v) is 6.23. The molecule has 0 fully saturated rings. The summed E-state index contributed by atoms with van der Waals surface area (Å²) in [6.45, 7) is 0.464. The first-order chi connectivity index (χ1) is 11.1. The van der Waals surface area contributed by atoms with Crippen molar-refractivity contribution in [2.75, 3.05) is 23.0 Å². The normalized spacial score (nSPS) is 13.4. The molecule has 3 amide bonds. The molecule has 0 spiro atoms. The molecule has 3 rings (SSSR count). The molecule has 118 valence electrons. The van der Waals surface area contributed by atoms with Crippen molar-refractivity contribution < 1.29 is 9.59 Å². The van der Waals surface area contributed by atoms with Gasteiger partial charge in [-0.2, -0.15) is 0 Å². The van der Waals surface area contributed by atoms with E-state index in [-0.39, 0.29) is 11.9 Å². The van der Waals surface area contributed by atoms with Crippen LogP contribution in [0.4, 0.5) is 16.2 Å². The van der Waals surface area contributed by atoms with Crippen molar-refractivity contribution in [3.63, 3.8) is 0 Å². The average molecular weight is 327 g/mol. The Morgan fingerprint density at radius 3 is 2.78 bits per heavy atom. The predicted octanol–water partition coefficient (Wildman–Crippen LogP) is 3.08. The Labute approximate surface area is 139 Å². The van der Waals surface area contributed by atoms with Crippen molar-refractivity contribution in [2.45, 2.75) is 11.4 Å². The van der Waals surface area contributed by atoms with Gasteiger partial charge in [-0.1, -0.05) is 30.3 Å². The van der Waals surface area contributed by atoms with E-state index < -0.39 is 0 Å². The SMILES string of the molecule is CN1C(=O)CSc2ccc(NC(=O)NCc3ccccc3)cc21. The van der Waals surface area contributed by atoms with Gasteiger partial charge >= 0.3 is 6.03 Å². The molecule has 23 heavy (non-hydrogen) atoms. The van der Waals surface area contributed by atoms with E-state index in [0.717, 1.165) is 16.1 Å². The highest BCUT2D eigenvalue weighted by Crippen LogP contribution is 2.36. The first-order valence-electron chi connectivity index (χ1n) is 7.25. The number of nitrogens with zero attached hydrogens (tertiary/aromatic N) is 1. The monoisotopic (exact) mass is 327 g/mol. The number of urea groups is 1. The number of hydrogen-bond acceptors (Lipinski definition) is 3. The Morgan fingerprint density at radius 1 is 1.22 bits per heavy atom. The summed E-state index contributed by atoms with van der Waals surface area (Å²) in [4.78, 5) is 26.4. The second kappa shape index (κ2) is 6.75. The van der Waals surface area contributed by atoms with E-state index in [0.29, 0.717) is 18.0 Å². The molecule has 2 N–H and O–H groups in total. The number of fused-ring (bicyclic) bond motifs is 1. The number of carbonyl (C=O) groups is 2. The minimum Gasteiger partial charge on any atom is -0.334 e. The largest absolute Gasteiger partial charge is 0.334 e. The second-order valence-electron chi connectivity index (χ2n) is 5.22. The highest BCUT2D eigenvalue weighted by molar-refractivity contribution is 8.00. The quantitative estimate of drug-likeness (QED) is 0.911. The number of hydrogen-bond donors (Lipinski definition) is 2. The van der Waals surface area contributed by atoms with Gasteiger partial charge in [-0.3, -0.25) is 4.79 Å². The highest BCUT2D eigenvalue weighted by atomic mass is 32.2. The summed E-state index contributed by atoms with van der Waals surface area (Å²) in [6, 6.07) is 15.0. The zero-order valence-corrected chi connectivity index (χ0v) is 13.5. The minimum atomic E-state index is -0.272. The van der Waals surface area contributed by atoms with E-state index >= 15 is 0 Å². The standard InChI is InChI=1S/C17H17N3O2S/c1-20-14-9-13(7-8-15(14)23-11-16(20)21)19-17(22)18-10-12-5-3-2-4-6-12/h2-9H,10-11H2,1H3,(H2,18,19,22). The molecule has 0 bridgehead atoms. The molecule has 5 nitrogen and oxygen atoms in total. The molecular weight excluding hydrogens is 310 g/mol. The van der Waals surface area contributed by atoms with Crippen molar-refractivity contribution in [2.24, 2.45) is 0 Å². The predicted molar refractivity (Wildman–Crippen MR) is 92.9 cm³/mol.